The molecule has 1 unspecified atom stereocenters. The highest BCUT2D eigenvalue weighted by atomic mass is 35.5. The van der Waals surface area contributed by atoms with Crippen LogP contribution in [0.5, 0.6) is 0 Å². The van der Waals surface area contributed by atoms with E-state index in [9.17, 15) is 10.1 Å². The first-order chi connectivity index (χ1) is 13.3. The monoisotopic (exact) mass is 404 g/mol. The van der Waals surface area contributed by atoms with Gasteiger partial charge in [-0.3, -0.25) is 4.79 Å². The van der Waals surface area contributed by atoms with E-state index in [0.29, 0.717) is 34.5 Å². The van der Waals surface area contributed by atoms with Crippen LogP contribution in [0.25, 0.3) is 5.52 Å². The van der Waals surface area contributed by atoms with Gasteiger partial charge in [0.15, 0.2) is 0 Å². The third-order valence-electron chi connectivity index (χ3n) is 5.26. The summed E-state index contributed by atoms with van der Waals surface area (Å²) < 4.78 is 7.12. The van der Waals surface area contributed by atoms with Gasteiger partial charge in [0, 0.05) is 19.4 Å². The molecule has 0 bridgehead atoms. The lowest BCUT2D eigenvalue weighted by molar-refractivity contribution is -0.147. The third kappa shape index (κ3) is 3.91. The number of ether oxygens (including phenoxy) is 1. The van der Waals surface area contributed by atoms with Gasteiger partial charge in [0.05, 0.1) is 28.5 Å². The Hall–Kier alpha value is -2.37. The van der Waals surface area contributed by atoms with E-state index in [1.54, 1.807) is 10.7 Å². The van der Waals surface area contributed by atoms with E-state index in [0.717, 1.165) is 18.7 Å². The average Bonchev–Trinajstić information content (AvgIpc) is 2.93. The van der Waals surface area contributed by atoms with E-state index in [1.807, 2.05) is 0 Å². The van der Waals surface area contributed by atoms with Gasteiger partial charge in [-0.15, -0.1) is 5.10 Å². The minimum Gasteiger partial charge on any atom is -0.459 e. The van der Waals surface area contributed by atoms with Crippen molar-refractivity contribution in [1.82, 2.24) is 19.9 Å². The third-order valence-corrected chi connectivity index (χ3v) is 5.64. The number of anilines is 1. The van der Waals surface area contributed by atoms with E-state index in [1.165, 1.54) is 6.92 Å². The highest BCUT2D eigenvalue weighted by molar-refractivity contribution is 6.35. The Labute approximate surface area is 169 Å². The molecular weight excluding hydrogens is 380 g/mol. The molecule has 3 heterocycles. The topological polar surface area (TPSA) is 104 Å². The minimum atomic E-state index is -0.319. The summed E-state index contributed by atoms with van der Waals surface area (Å²) >= 11 is 6.43. The molecule has 9 heteroatoms. The Bertz CT molecular complexity index is 919. The van der Waals surface area contributed by atoms with Crippen LogP contribution < -0.4 is 10.6 Å². The summed E-state index contributed by atoms with van der Waals surface area (Å²) in [5.74, 6) is 0.487. The molecule has 0 aromatic carbocycles. The Kier molecular flexibility index (Phi) is 6.06. The quantitative estimate of drug-likeness (QED) is 0.738. The molecule has 150 valence electrons. The zero-order valence-electron chi connectivity index (χ0n) is 16.5. The highest BCUT2D eigenvalue weighted by Gasteiger charge is 2.29. The first kappa shape index (κ1) is 20.4. The van der Waals surface area contributed by atoms with Crippen molar-refractivity contribution in [3.8, 4) is 6.07 Å². The van der Waals surface area contributed by atoms with E-state index >= 15 is 0 Å². The van der Waals surface area contributed by atoms with Gasteiger partial charge in [-0.1, -0.05) is 32.4 Å². The summed E-state index contributed by atoms with van der Waals surface area (Å²) in [6.07, 6.45) is 2.09. The standard InChI is InChI=1S/C19H25ClN6O2/c1-10(2)11(3)18-13(7-21)17(20)15-8-23-19(25-26(15)18)24-14-5-6-22-9-16(14)28-12(4)27/h8,10-11,14,16,22H,5-6,9H2,1-4H3,(H,24,25)/t11?,14-,16-/m1/s1. The van der Waals surface area contributed by atoms with Gasteiger partial charge in [0.1, 0.15) is 17.7 Å². The number of piperidine rings is 1. The molecule has 0 radical (unpaired) electrons. The Morgan fingerprint density at radius 2 is 2.25 bits per heavy atom. The van der Waals surface area contributed by atoms with Crippen LogP contribution >= 0.6 is 11.6 Å². The van der Waals surface area contributed by atoms with Gasteiger partial charge in [0.2, 0.25) is 5.95 Å². The molecule has 0 spiro atoms. The van der Waals surface area contributed by atoms with Gasteiger partial charge in [0.25, 0.3) is 0 Å². The molecule has 1 aliphatic heterocycles. The number of halogens is 1. The summed E-state index contributed by atoms with van der Waals surface area (Å²) in [6.45, 7) is 9.03. The minimum absolute atomic E-state index is 0.0880. The van der Waals surface area contributed by atoms with Crippen LogP contribution in [0.15, 0.2) is 6.20 Å². The second-order valence-corrected chi connectivity index (χ2v) is 7.87. The van der Waals surface area contributed by atoms with Gasteiger partial charge in [-0.05, 0) is 18.9 Å². The number of carbonyl (C=O) groups excluding carboxylic acids is 1. The van der Waals surface area contributed by atoms with Crippen molar-refractivity contribution in [3.05, 3.63) is 22.5 Å². The van der Waals surface area contributed by atoms with Crippen LogP contribution in [0.1, 0.15) is 51.3 Å². The normalized spacial score (nSPS) is 20.8. The average molecular weight is 405 g/mol. The number of carbonyl (C=O) groups is 1. The number of hydrogen-bond donors (Lipinski definition) is 2. The fourth-order valence-corrected chi connectivity index (χ4v) is 3.71. The number of nitrogens with zero attached hydrogens (tertiary/aromatic N) is 4. The second kappa shape index (κ2) is 8.33. The molecule has 0 aliphatic carbocycles. The summed E-state index contributed by atoms with van der Waals surface area (Å²) in [7, 11) is 0. The number of hydrogen-bond acceptors (Lipinski definition) is 7. The number of nitriles is 1. The molecule has 1 aliphatic rings. The molecule has 28 heavy (non-hydrogen) atoms. The van der Waals surface area contributed by atoms with Crippen molar-refractivity contribution < 1.29 is 9.53 Å². The SMILES string of the molecule is CC(=O)O[C@@H]1CNCC[C@H]1Nc1ncc2c(Cl)c(C#N)c(C(C)C(C)C)n2n1. The predicted octanol–water partition coefficient (Wildman–Crippen LogP) is 2.72. The van der Waals surface area contributed by atoms with Crippen molar-refractivity contribution >= 4 is 29.0 Å². The summed E-state index contributed by atoms with van der Waals surface area (Å²) in [5.41, 5.74) is 1.83. The number of aromatic nitrogens is 3. The fraction of sp³-hybridized carbons (Fsp3) is 0.579. The molecule has 1 fully saturated rings. The van der Waals surface area contributed by atoms with Crippen molar-refractivity contribution in [1.29, 1.82) is 5.26 Å². The molecule has 2 N–H and O–H groups in total. The smallest absolute Gasteiger partial charge is 0.303 e. The Morgan fingerprint density at radius 3 is 2.89 bits per heavy atom. The lowest BCUT2D eigenvalue weighted by Crippen LogP contribution is -2.50. The second-order valence-electron chi connectivity index (χ2n) is 7.49. The van der Waals surface area contributed by atoms with Crippen LogP contribution in [0, 0.1) is 17.2 Å². The van der Waals surface area contributed by atoms with Crippen LogP contribution in [0.3, 0.4) is 0 Å². The van der Waals surface area contributed by atoms with Crippen LogP contribution in [-0.4, -0.2) is 45.8 Å². The maximum Gasteiger partial charge on any atom is 0.303 e. The van der Waals surface area contributed by atoms with Crippen molar-refractivity contribution in [3.63, 3.8) is 0 Å². The Balaban J connectivity index is 1.98. The molecule has 1 saturated heterocycles. The number of rotatable bonds is 5. The number of fused-ring (bicyclic) bond motifs is 1. The van der Waals surface area contributed by atoms with Crippen LogP contribution in [-0.2, 0) is 9.53 Å². The molecule has 0 amide bonds. The first-order valence-electron chi connectivity index (χ1n) is 9.45. The van der Waals surface area contributed by atoms with E-state index < -0.39 is 0 Å². The van der Waals surface area contributed by atoms with Crippen molar-refractivity contribution in [2.45, 2.75) is 52.2 Å². The molecule has 0 saturated carbocycles. The maximum absolute atomic E-state index is 11.4. The summed E-state index contributed by atoms with van der Waals surface area (Å²) in [4.78, 5) is 15.8. The van der Waals surface area contributed by atoms with Crippen molar-refractivity contribution in [2.75, 3.05) is 18.4 Å². The van der Waals surface area contributed by atoms with Gasteiger partial charge in [-0.25, -0.2) is 9.50 Å². The van der Waals surface area contributed by atoms with E-state index in [-0.39, 0.29) is 24.0 Å². The van der Waals surface area contributed by atoms with Crippen LogP contribution in [0.4, 0.5) is 5.95 Å². The van der Waals surface area contributed by atoms with Crippen molar-refractivity contribution in [2.24, 2.45) is 5.92 Å². The van der Waals surface area contributed by atoms with Gasteiger partial charge >= 0.3 is 5.97 Å². The molecular formula is C19H25ClN6O2. The predicted molar refractivity (Wildman–Crippen MR) is 106 cm³/mol. The molecule has 2 aromatic heterocycles. The first-order valence-corrected chi connectivity index (χ1v) is 9.83. The highest BCUT2D eigenvalue weighted by Crippen LogP contribution is 2.35. The lowest BCUT2D eigenvalue weighted by Gasteiger charge is -2.31. The molecule has 3 atom stereocenters. The summed E-state index contributed by atoms with van der Waals surface area (Å²) in [5, 5.41) is 21.1. The molecule has 3 rings (SSSR count). The zero-order chi connectivity index (χ0) is 20.4. The largest absolute Gasteiger partial charge is 0.459 e. The van der Waals surface area contributed by atoms with Gasteiger partial charge in [-0.2, -0.15) is 5.26 Å². The lowest BCUT2D eigenvalue weighted by atomic mass is 9.93. The molecule has 8 nitrogen and oxygen atoms in total. The van der Waals surface area contributed by atoms with Gasteiger partial charge < -0.3 is 15.4 Å². The maximum atomic E-state index is 11.4. The zero-order valence-corrected chi connectivity index (χ0v) is 17.2. The van der Waals surface area contributed by atoms with E-state index in [4.69, 9.17) is 16.3 Å². The number of esters is 1. The Morgan fingerprint density at radius 1 is 1.50 bits per heavy atom. The number of nitrogens with one attached hydrogen (secondary N) is 2. The fourth-order valence-electron chi connectivity index (χ4n) is 3.44. The molecule has 2 aromatic rings. The van der Waals surface area contributed by atoms with Crippen LogP contribution in [0.2, 0.25) is 5.02 Å². The van der Waals surface area contributed by atoms with E-state index in [2.05, 4.69) is 47.6 Å². The summed E-state index contributed by atoms with van der Waals surface area (Å²) in [6, 6.07) is 2.11.